The van der Waals surface area contributed by atoms with Gasteiger partial charge in [0.1, 0.15) is 5.75 Å². The van der Waals surface area contributed by atoms with Crippen LogP contribution in [0.2, 0.25) is 5.02 Å². The van der Waals surface area contributed by atoms with E-state index in [-0.39, 0.29) is 0 Å². The highest BCUT2D eigenvalue weighted by Gasteiger charge is 2.03. The highest BCUT2D eigenvalue weighted by Crippen LogP contribution is 2.23. The van der Waals surface area contributed by atoms with Crippen LogP contribution < -0.4 is 10.5 Å². The SMILES string of the molecule is CCOc1ccc(Cl)cc1CCCN. The second-order valence-electron chi connectivity index (χ2n) is 3.08. The molecule has 78 valence electrons. The van der Waals surface area contributed by atoms with Gasteiger partial charge in [-0.2, -0.15) is 0 Å². The summed E-state index contributed by atoms with van der Waals surface area (Å²) in [5, 5.41) is 0.750. The van der Waals surface area contributed by atoms with E-state index in [0.29, 0.717) is 13.2 Å². The van der Waals surface area contributed by atoms with E-state index in [0.717, 1.165) is 29.2 Å². The summed E-state index contributed by atoms with van der Waals surface area (Å²) >= 11 is 5.91. The molecule has 14 heavy (non-hydrogen) atoms. The van der Waals surface area contributed by atoms with E-state index >= 15 is 0 Å². The molecule has 3 heteroatoms. The van der Waals surface area contributed by atoms with Crippen molar-refractivity contribution in [3.05, 3.63) is 28.8 Å². The summed E-state index contributed by atoms with van der Waals surface area (Å²) in [6.07, 6.45) is 1.88. The summed E-state index contributed by atoms with van der Waals surface area (Å²) in [7, 11) is 0. The molecule has 0 fully saturated rings. The van der Waals surface area contributed by atoms with Gasteiger partial charge in [-0.3, -0.25) is 0 Å². The van der Waals surface area contributed by atoms with E-state index in [1.165, 1.54) is 0 Å². The molecule has 0 radical (unpaired) electrons. The fourth-order valence-corrected chi connectivity index (χ4v) is 1.53. The van der Waals surface area contributed by atoms with Gasteiger partial charge in [0.05, 0.1) is 6.61 Å². The molecule has 0 spiro atoms. The summed E-state index contributed by atoms with van der Waals surface area (Å²) in [5.74, 6) is 0.922. The lowest BCUT2D eigenvalue weighted by molar-refractivity contribution is 0.336. The van der Waals surface area contributed by atoms with Gasteiger partial charge in [0.2, 0.25) is 0 Å². The topological polar surface area (TPSA) is 35.2 Å². The molecule has 0 bridgehead atoms. The smallest absolute Gasteiger partial charge is 0.122 e. The molecule has 0 heterocycles. The molecule has 0 saturated carbocycles. The Hall–Kier alpha value is -0.730. The zero-order valence-electron chi connectivity index (χ0n) is 8.42. The molecule has 0 aliphatic carbocycles. The van der Waals surface area contributed by atoms with Gasteiger partial charge in [-0.25, -0.2) is 0 Å². The van der Waals surface area contributed by atoms with Crippen molar-refractivity contribution in [1.29, 1.82) is 0 Å². The van der Waals surface area contributed by atoms with E-state index in [2.05, 4.69) is 0 Å². The van der Waals surface area contributed by atoms with Crippen molar-refractivity contribution in [2.75, 3.05) is 13.2 Å². The summed E-state index contributed by atoms with van der Waals surface area (Å²) in [4.78, 5) is 0. The minimum atomic E-state index is 0.678. The third-order valence-electron chi connectivity index (χ3n) is 1.97. The molecule has 0 unspecified atom stereocenters. The molecule has 1 aromatic rings. The monoisotopic (exact) mass is 213 g/mol. The molecule has 0 saturated heterocycles. The molecular weight excluding hydrogens is 198 g/mol. The van der Waals surface area contributed by atoms with Crippen LogP contribution in [0.3, 0.4) is 0 Å². The number of ether oxygens (including phenoxy) is 1. The number of hydrogen-bond donors (Lipinski definition) is 1. The predicted octanol–water partition coefficient (Wildman–Crippen LogP) is 2.63. The molecule has 1 aromatic carbocycles. The normalized spacial score (nSPS) is 10.2. The zero-order chi connectivity index (χ0) is 10.4. The van der Waals surface area contributed by atoms with E-state index in [9.17, 15) is 0 Å². The van der Waals surface area contributed by atoms with Gasteiger partial charge >= 0.3 is 0 Å². The first-order chi connectivity index (χ1) is 6.77. The first-order valence-corrected chi connectivity index (χ1v) is 5.27. The van der Waals surface area contributed by atoms with Crippen LogP contribution in [-0.2, 0) is 6.42 Å². The molecule has 0 aromatic heterocycles. The maximum atomic E-state index is 5.91. The Morgan fingerprint density at radius 1 is 1.43 bits per heavy atom. The van der Waals surface area contributed by atoms with Gasteiger partial charge in [-0.1, -0.05) is 11.6 Å². The summed E-state index contributed by atoms with van der Waals surface area (Å²) in [6.45, 7) is 3.34. The maximum Gasteiger partial charge on any atom is 0.122 e. The zero-order valence-corrected chi connectivity index (χ0v) is 9.18. The largest absolute Gasteiger partial charge is 0.494 e. The van der Waals surface area contributed by atoms with E-state index in [1.54, 1.807) is 0 Å². The van der Waals surface area contributed by atoms with Crippen molar-refractivity contribution in [2.45, 2.75) is 19.8 Å². The lowest BCUT2D eigenvalue weighted by Gasteiger charge is -2.09. The fraction of sp³-hybridized carbons (Fsp3) is 0.455. The van der Waals surface area contributed by atoms with Gasteiger partial charge in [-0.15, -0.1) is 0 Å². The summed E-state index contributed by atoms with van der Waals surface area (Å²) in [6, 6.07) is 5.71. The highest BCUT2D eigenvalue weighted by atomic mass is 35.5. The van der Waals surface area contributed by atoms with Crippen molar-refractivity contribution >= 4 is 11.6 Å². The second-order valence-corrected chi connectivity index (χ2v) is 3.51. The predicted molar refractivity (Wildman–Crippen MR) is 60.0 cm³/mol. The first kappa shape index (κ1) is 11.3. The summed E-state index contributed by atoms with van der Waals surface area (Å²) < 4.78 is 5.49. The Labute approximate surface area is 90.0 Å². The van der Waals surface area contributed by atoms with Crippen LogP contribution in [-0.4, -0.2) is 13.2 Å². The molecule has 0 aliphatic rings. The number of nitrogens with two attached hydrogens (primary N) is 1. The molecule has 1 rings (SSSR count). The summed E-state index contributed by atoms with van der Waals surface area (Å²) in [5.41, 5.74) is 6.61. The highest BCUT2D eigenvalue weighted by molar-refractivity contribution is 6.30. The first-order valence-electron chi connectivity index (χ1n) is 4.89. The maximum absolute atomic E-state index is 5.91. The van der Waals surface area contributed by atoms with Crippen LogP contribution in [0, 0.1) is 0 Å². The van der Waals surface area contributed by atoms with Crippen LogP contribution in [0.1, 0.15) is 18.9 Å². The Morgan fingerprint density at radius 2 is 2.21 bits per heavy atom. The molecule has 0 amide bonds. The minimum absolute atomic E-state index is 0.678. The lowest BCUT2D eigenvalue weighted by atomic mass is 10.1. The van der Waals surface area contributed by atoms with Gasteiger partial charge < -0.3 is 10.5 Å². The number of hydrogen-bond acceptors (Lipinski definition) is 2. The van der Waals surface area contributed by atoms with Gasteiger partial charge in [-0.05, 0) is 50.1 Å². The number of rotatable bonds is 5. The Balaban J connectivity index is 2.79. The van der Waals surface area contributed by atoms with Crippen molar-refractivity contribution in [3.63, 3.8) is 0 Å². The van der Waals surface area contributed by atoms with Gasteiger partial charge in [0, 0.05) is 5.02 Å². The van der Waals surface area contributed by atoms with Crippen molar-refractivity contribution in [3.8, 4) is 5.75 Å². The molecule has 2 nitrogen and oxygen atoms in total. The fourth-order valence-electron chi connectivity index (χ4n) is 1.33. The average Bonchev–Trinajstić information content (AvgIpc) is 2.18. The minimum Gasteiger partial charge on any atom is -0.494 e. The van der Waals surface area contributed by atoms with Gasteiger partial charge in [0.15, 0.2) is 0 Å². The molecular formula is C11H16ClNO. The molecule has 0 aliphatic heterocycles. The van der Waals surface area contributed by atoms with Crippen LogP contribution >= 0.6 is 11.6 Å². The van der Waals surface area contributed by atoms with Crippen LogP contribution in [0.25, 0.3) is 0 Å². The Bertz CT molecular complexity index is 289. The van der Waals surface area contributed by atoms with E-state index in [4.69, 9.17) is 22.1 Å². The Kier molecular flexibility index (Phi) is 4.77. The quantitative estimate of drug-likeness (QED) is 0.816. The van der Waals surface area contributed by atoms with E-state index in [1.807, 2.05) is 25.1 Å². The van der Waals surface area contributed by atoms with E-state index < -0.39 is 0 Å². The van der Waals surface area contributed by atoms with Crippen LogP contribution in [0.5, 0.6) is 5.75 Å². The van der Waals surface area contributed by atoms with Crippen LogP contribution in [0.4, 0.5) is 0 Å². The van der Waals surface area contributed by atoms with Crippen molar-refractivity contribution in [1.82, 2.24) is 0 Å². The standard InChI is InChI=1S/C11H16ClNO/c1-2-14-11-6-5-10(12)8-9(11)4-3-7-13/h5-6,8H,2-4,7,13H2,1H3. The third-order valence-corrected chi connectivity index (χ3v) is 2.21. The molecule has 2 N–H and O–H groups in total. The lowest BCUT2D eigenvalue weighted by Crippen LogP contribution is -2.02. The van der Waals surface area contributed by atoms with Crippen molar-refractivity contribution < 1.29 is 4.74 Å². The third kappa shape index (κ3) is 3.20. The van der Waals surface area contributed by atoms with Gasteiger partial charge in [0.25, 0.3) is 0 Å². The number of halogens is 1. The number of benzene rings is 1. The molecule has 0 atom stereocenters. The van der Waals surface area contributed by atoms with Crippen LogP contribution in [0.15, 0.2) is 18.2 Å². The Morgan fingerprint density at radius 3 is 2.86 bits per heavy atom. The van der Waals surface area contributed by atoms with Crippen molar-refractivity contribution in [2.24, 2.45) is 5.73 Å². The number of aryl methyl sites for hydroxylation is 1. The average molecular weight is 214 g/mol. The second kappa shape index (κ2) is 5.89.